The van der Waals surface area contributed by atoms with Gasteiger partial charge in [0.2, 0.25) is 5.91 Å². The summed E-state index contributed by atoms with van der Waals surface area (Å²) in [7, 11) is 1.42. The molecule has 0 saturated heterocycles. The van der Waals surface area contributed by atoms with E-state index in [0.29, 0.717) is 0 Å². The first-order valence-electron chi connectivity index (χ1n) is 3.97. The maximum Gasteiger partial charge on any atom is 0.260 e. The van der Waals surface area contributed by atoms with Crippen LogP contribution in [0.1, 0.15) is 10.4 Å². The van der Waals surface area contributed by atoms with Crippen molar-refractivity contribution in [2.45, 2.75) is 0 Å². The number of nitro groups is 1. The Morgan fingerprint density at radius 2 is 2.20 bits per heavy atom. The average Bonchev–Trinajstić information content (AvgIpc) is 2.27. The van der Waals surface area contributed by atoms with Crippen LogP contribution in [0.4, 0.5) is 11.4 Å². The summed E-state index contributed by atoms with van der Waals surface area (Å²) >= 11 is 0. The molecule has 1 N–H and O–H groups in total. The van der Waals surface area contributed by atoms with E-state index < -0.39 is 10.8 Å². The van der Waals surface area contributed by atoms with Gasteiger partial charge in [0.15, 0.2) is 5.69 Å². The van der Waals surface area contributed by atoms with Crippen molar-refractivity contribution in [2.24, 2.45) is 0 Å². The number of carbonyl (C=O) groups is 1. The number of benzene rings is 1. The van der Waals surface area contributed by atoms with Crippen LogP contribution in [0.15, 0.2) is 18.2 Å². The predicted molar refractivity (Wildman–Crippen MR) is 52.7 cm³/mol. The van der Waals surface area contributed by atoms with Gasteiger partial charge in [-0.25, -0.2) is 4.85 Å². The van der Waals surface area contributed by atoms with E-state index in [1.54, 1.807) is 0 Å². The summed E-state index contributed by atoms with van der Waals surface area (Å²) in [6.45, 7) is 6.75. The Morgan fingerprint density at radius 3 is 2.67 bits per heavy atom. The van der Waals surface area contributed by atoms with Crippen LogP contribution in [-0.2, 0) is 0 Å². The SMILES string of the molecule is [C-]#[N+]c1cc(C(=O)NC)cc([N+](=O)[O-])c1. The lowest BCUT2D eigenvalue weighted by Gasteiger charge is -2.00. The highest BCUT2D eigenvalue weighted by atomic mass is 16.6. The van der Waals surface area contributed by atoms with Crippen molar-refractivity contribution in [1.82, 2.24) is 5.32 Å². The standard InChI is InChI=1S/C9H7N3O3/c1-10-7-3-6(9(13)11-2)4-8(5-7)12(14)15/h3-5H,2H3,(H,11,13). The van der Waals surface area contributed by atoms with Crippen molar-refractivity contribution in [3.63, 3.8) is 0 Å². The summed E-state index contributed by atoms with van der Waals surface area (Å²) in [5.41, 5.74) is -0.0809. The van der Waals surface area contributed by atoms with E-state index >= 15 is 0 Å². The molecule has 0 bridgehead atoms. The van der Waals surface area contributed by atoms with Crippen LogP contribution in [0, 0.1) is 16.7 Å². The number of rotatable bonds is 2. The minimum atomic E-state index is -0.638. The Kier molecular flexibility index (Phi) is 2.98. The lowest BCUT2D eigenvalue weighted by Crippen LogP contribution is -2.17. The zero-order chi connectivity index (χ0) is 11.4. The van der Waals surface area contributed by atoms with Gasteiger partial charge < -0.3 is 5.32 Å². The smallest absolute Gasteiger partial charge is 0.260 e. The van der Waals surface area contributed by atoms with Gasteiger partial charge in [0.05, 0.1) is 11.5 Å². The second-order valence-electron chi connectivity index (χ2n) is 2.69. The lowest BCUT2D eigenvalue weighted by atomic mass is 10.1. The quantitative estimate of drug-likeness (QED) is 0.451. The minimum Gasteiger partial charge on any atom is -0.355 e. The third-order valence-electron chi connectivity index (χ3n) is 1.73. The molecule has 0 aliphatic carbocycles. The number of hydrogen-bond acceptors (Lipinski definition) is 3. The summed E-state index contributed by atoms with van der Waals surface area (Å²) in [6, 6.07) is 3.56. The fourth-order valence-electron chi connectivity index (χ4n) is 1.04. The van der Waals surface area contributed by atoms with Gasteiger partial charge in [0.25, 0.3) is 5.69 Å². The van der Waals surface area contributed by atoms with Gasteiger partial charge in [-0.2, -0.15) is 0 Å². The maximum absolute atomic E-state index is 11.2. The Balaban J connectivity index is 3.31. The molecule has 0 heterocycles. The number of non-ortho nitro benzene ring substituents is 1. The highest BCUT2D eigenvalue weighted by Crippen LogP contribution is 2.22. The van der Waals surface area contributed by atoms with Crippen molar-refractivity contribution in [1.29, 1.82) is 0 Å². The highest BCUT2D eigenvalue weighted by molar-refractivity contribution is 5.95. The molecule has 15 heavy (non-hydrogen) atoms. The summed E-state index contributed by atoms with van der Waals surface area (Å²) < 4.78 is 0. The topological polar surface area (TPSA) is 76.6 Å². The van der Waals surface area contributed by atoms with Crippen LogP contribution in [0.25, 0.3) is 4.85 Å². The maximum atomic E-state index is 11.2. The van der Waals surface area contributed by atoms with Gasteiger partial charge in [0.1, 0.15) is 0 Å². The number of nitro benzene ring substituents is 1. The zero-order valence-corrected chi connectivity index (χ0v) is 7.85. The summed E-state index contributed by atoms with van der Waals surface area (Å²) in [5, 5.41) is 12.8. The molecular weight excluding hydrogens is 198 g/mol. The number of nitrogens with zero attached hydrogens (tertiary/aromatic N) is 2. The Bertz CT molecular complexity index is 462. The molecule has 0 aliphatic rings. The van der Waals surface area contributed by atoms with Crippen LogP contribution in [0.3, 0.4) is 0 Å². The molecule has 0 aromatic heterocycles. The number of carbonyl (C=O) groups excluding carboxylic acids is 1. The van der Waals surface area contributed by atoms with Crippen molar-refractivity contribution in [3.05, 3.63) is 45.3 Å². The van der Waals surface area contributed by atoms with E-state index in [-0.39, 0.29) is 16.9 Å². The largest absolute Gasteiger partial charge is 0.355 e. The van der Waals surface area contributed by atoms with Crippen LogP contribution in [-0.4, -0.2) is 17.9 Å². The van der Waals surface area contributed by atoms with Crippen molar-refractivity contribution in [3.8, 4) is 0 Å². The van der Waals surface area contributed by atoms with Gasteiger partial charge in [0, 0.05) is 24.7 Å². The average molecular weight is 205 g/mol. The van der Waals surface area contributed by atoms with E-state index in [1.807, 2.05) is 0 Å². The number of hydrogen-bond donors (Lipinski definition) is 1. The molecule has 0 fully saturated rings. The molecule has 0 atom stereocenters. The number of amides is 1. The van der Waals surface area contributed by atoms with Gasteiger partial charge in [-0.3, -0.25) is 14.9 Å². The van der Waals surface area contributed by atoms with E-state index in [2.05, 4.69) is 10.2 Å². The summed E-state index contributed by atoms with van der Waals surface area (Å²) in [5.74, 6) is -0.455. The molecule has 76 valence electrons. The van der Waals surface area contributed by atoms with E-state index in [4.69, 9.17) is 6.57 Å². The third-order valence-corrected chi connectivity index (χ3v) is 1.73. The molecule has 0 spiro atoms. The van der Waals surface area contributed by atoms with Crippen LogP contribution in [0.5, 0.6) is 0 Å². The minimum absolute atomic E-state index is 0.0720. The van der Waals surface area contributed by atoms with Crippen molar-refractivity contribution in [2.75, 3.05) is 7.05 Å². The molecule has 0 unspecified atom stereocenters. The molecule has 6 nitrogen and oxygen atoms in total. The summed E-state index contributed by atoms with van der Waals surface area (Å²) in [4.78, 5) is 24.1. The van der Waals surface area contributed by atoms with Gasteiger partial charge in [-0.1, -0.05) is 0 Å². The van der Waals surface area contributed by atoms with Crippen LogP contribution >= 0.6 is 0 Å². The van der Waals surface area contributed by atoms with Crippen LogP contribution in [0.2, 0.25) is 0 Å². The molecule has 1 aromatic carbocycles. The second kappa shape index (κ2) is 4.19. The van der Waals surface area contributed by atoms with E-state index in [1.165, 1.54) is 13.1 Å². The first-order chi connectivity index (χ1) is 7.08. The molecule has 0 aliphatic heterocycles. The first kappa shape index (κ1) is 10.7. The molecule has 1 aromatic rings. The number of nitrogens with one attached hydrogen (secondary N) is 1. The summed E-state index contributed by atoms with van der Waals surface area (Å²) in [6.07, 6.45) is 0. The second-order valence-corrected chi connectivity index (χ2v) is 2.69. The van der Waals surface area contributed by atoms with Gasteiger partial charge >= 0.3 is 0 Å². The van der Waals surface area contributed by atoms with Crippen LogP contribution < -0.4 is 5.32 Å². The zero-order valence-electron chi connectivity index (χ0n) is 7.85. The van der Waals surface area contributed by atoms with Gasteiger partial charge in [-0.15, -0.1) is 0 Å². The third kappa shape index (κ3) is 2.28. The van der Waals surface area contributed by atoms with Crippen molar-refractivity contribution >= 4 is 17.3 Å². The van der Waals surface area contributed by atoms with E-state index in [0.717, 1.165) is 12.1 Å². The monoisotopic (exact) mass is 205 g/mol. The Hall–Kier alpha value is -2.42. The molecule has 1 rings (SSSR count). The molecule has 0 saturated carbocycles. The molecule has 1 amide bonds. The van der Waals surface area contributed by atoms with E-state index in [9.17, 15) is 14.9 Å². The lowest BCUT2D eigenvalue weighted by molar-refractivity contribution is -0.384. The normalized spacial score (nSPS) is 9.07. The van der Waals surface area contributed by atoms with Crippen molar-refractivity contribution < 1.29 is 9.72 Å². The molecular formula is C9H7N3O3. The van der Waals surface area contributed by atoms with Gasteiger partial charge in [-0.05, 0) is 6.07 Å². The molecule has 6 heteroatoms. The Morgan fingerprint density at radius 1 is 1.53 bits per heavy atom. The fourth-order valence-corrected chi connectivity index (χ4v) is 1.04. The Labute approximate surface area is 85.5 Å². The fraction of sp³-hybridized carbons (Fsp3) is 0.111. The first-order valence-corrected chi connectivity index (χ1v) is 3.97. The highest BCUT2D eigenvalue weighted by Gasteiger charge is 2.13. The predicted octanol–water partition coefficient (Wildman–Crippen LogP) is 1.51. The molecule has 0 radical (unpaired) electrons.